The van der Waals surface area contributed by atoms with Gasteiger partial charge < -0.3 is 15.3 Å². The molecule has 0 amide bonds. The second kappa shape index (κ2) is 5.69. The van der Waals surface area contributed by atoms with Crippen molar-refractivity contribution in [2.75, 3.05) is 32.7 Å². The summed E-state index contributed by atoms with van der Waals surface area (Å²) >= 11 is 0. The molecule has 1 aliphatic heterocycles. The first-order valence-corrected chi connectivity index (χ1v) is 5.85. The molecule has 2 N–H and O–H groups in total. The third kappa shape index (κ3) is 3.56. The molecule has 1 rings (SSSR count). The van der Waals surface area contributed by atoms with Crippen LogP contribution < -0.4 is 5.32 Å². The summed E-state index contributed by atoms with van der Waals surface area (Å²) < 4.78 is 0. The molecule has 0 bridgehead atoms. The summed E-state index contributed by atoms with van der Waals surface area (Å²) in [5.74, 6) is 0. The van der Waals surface area contributed by atoms with Gasteiger partial charge in [-0.05, 0) is 32.4 Å². The quantitative estimate of drug-likeness (QED) is 0.690. The highest BCUT2D eigenvalue weighted by molar-refractivity contribution is 4.87. The number of piperidine rings is 1. The molecule has 14 heavy (non-hydrogen) atoms. The molecule has 0 aliphatic carbocycles. The second-order valence-electron chi connectivity index (χ2n) is 4.35. The van der Waals surface area contributed by atoms with Crippen LogP contribution in [0.5, 0.6) is 0 Å². The molecule has 3 nitrogen and oxygen atoms in total. The third-order valence-electron chi connectivity index (χ3n) is 3.03. The first kappa shape index (κ1) is 12.0. The standard InChI is InChI=1S/C11H24N2O/c1-3-7-13-8-5-11(14,6-9-13)10-12-4-2/h12,14H,3-10H2,1-2H3. The smallest absolute Gasteiger partial charge is 0.0795 e. The molecule has 0 aromatic heterocycles. The van der Waals surface area contributed by atoms with Gasteiger partial charge >= 0.3 is 0 Å². The molecule has 1 aliphatic rings. The number of hydrogen-bond donors (Lipinski definition) is 2. The van der Waals surface area contributed by atoms with E-state index < -0.39 is 5.60 Å². The van der Waals surface area contributed by atoms with Crippen LogP contribution in [0.15, 0.2) is 0 Å². The molecular formula is C11H24N2O. The first-order valence-electron chi connectivity index (χ1n) is 5.85. The largest absolute Gasteiger partial charge is 0.388 e. The number of rotatable bonds is 5. The SMILES string of the molecule is CCCN1CCC(O)(CNCC)CC1. The summed E-state index contributed by atoms with van der Waals surface area (Å²) in [6.07, 6.45) is 3.05. The van der Waals surface area contributed by atoms with Gasteiger partial charge in [0.15, 0.2) is 0 Å². The molecule has 1 heterocycles. The van der Waals surface area contributed by atoms with Gasteiger partial charge in [-0.25, -0.2) is 0 Å². The lowest BCUT2D eigenvalue weighted by Crippen LogP contribution is -2.49. The van der Waals surface area contributed by atoms with E-state index in [-0.39, 0.29) is 0 Å². The van der Waals surface area contributed by atoms with E-state index in [4.69, 9.17) is 0 Å². The van der Waals surface area contributed by atoms with Crippen LogP contribution in [0.1, 0.15) is 33.1 Å². The molecule has 1 saturated heterocycles. The van der Waals surface area contributed by atoms with Gasteiger partial charge in [-0.2, -0.15) is 0 Å². The number of nitrogens with one attached hydrogen (secondary N) is 1. The maximum atomic E-state index is 10.2. The Morgan fingerprint density at radius 3 is 2.43 bits per heavy atom. The molecule has 0 saturated carbocycles. The molecular weight excluding hydrogens is 176 g/mol. The van der Waals surface area contributed by atoms with Crippen molar-refractivity contribution in [3.05, 3.63) is 0 Å². The summed E-state index contributed by atoms with van der Waals surface area (Å²) in [5.41, 5.74) is -0.444. The van der Waals surface area contributed by atoms with Crippen molar-refractivity contribution in [3.63, 3.8) is 0 Å². The van der Waals surface area contributed by atoms with Gasteiger partial charge in [-0.1, -0.05) is 13.8 Å². The van der Waals surface area contributed by atoms with Gasteiger partial charge in [-0.15, -0.1) is 0 Å². The Morgan fingerprint density at radius 1 is 1.29 bits per heavy atom. The van der Waals surface area contributed by atoms with Crippen molar-refractivity contribution in [1.29, 1.82) is 0 Å². The molecule has 1 fully saturated rings. The highest BCUT2D eigenvalue weighted by Crippen LogP contribution is 2.21. The van der Waals surface area contributed by atoms with E-state index in [9.17, 15) is 5.11 Å². The Hall–Kier alpha value is -0.120. The van der Waals surface area contributed by atoms with E-state index in [0.717, 1.165) is 39.0 Å². The van der Waals surface area contributed by atoms with Crippen LogP contribution in [0, 0.1) is 0 Å². The summed E-state index contributed by atoms with van der Waals surface area (Å²) in [6.45, 7) is 9.27. The molecule has 0 unspecified atom stereocenters. The van der Waals surface area contributed by atoms with E-state index in [1.165, 1.54) is 13.0 Å². The van der Waals surface area contributed by atoms with Crippen molar-refractivity contribution in [1.82, 2.24) is 10.2 Å². The minimum Gasteiger partial charge on any atom is -0.388 e. The summed E-state index contributed by atoms with van der Waals surface area (Å²) in [4.78, 5) is 2.44. The van der Waals surface area contributed by atoms with Gasteiger partial charge in [0.05, 0.1) is 5.60 Å². The van der Waals surface area contributed by atoms with Crippen LogP contribution in [-0.4, -0.2) is 48.3 Å². The highest BCUT2D eigenvalue weighted by atomic mass is 16.3. The maximum absolute atomic E-state index is 10.2. The van der Waals surface area contributed by atoms with Crippen molar-refractivity contribution in [3.8, 4) is 0 Å². The van der Waals surface area contributed by atoms with Crippen LogP contribution in [0.3, 0.4) is 0 Å². The van der Waals surface area contributed by atoms with E-state index in [1.54, 1.807) is 0 Å². The number of hydrogen-bond acceptors (Lipinski definition) is 3. The minimum absolute atomic E-state index is 0.444. The Labute approximate surface area is 87.5 Å². The Balaban J connectivity index is 2.25. The average Bonchev–Trinajstić information content (AvgIpc) is 2.20. The van der Waals surface area contributed by atoms with Gasteiger partial charge in [-0.3, -0.25) is 0 Å². The Kier molecular flexibility index (Phi) is 4.85. The second-order valence-corrected chi connectivity index (χ2v) is 4.35. The van der Waals surface area contributed by atoms with E-state index in [0.29, 0.717) is 0 Å². The fourth-order valence-corrected chi connectivity index (χ4v) is 2.04. The lowest BCUT2D eigenvalue weighted by Gasteiger charge is -2.38. The topological polar surface area (TPSA) is 35.5 Å². The van der Waals surface area contributed by atoms with Gasteiger partial charge in [0, 0.05) is 19.6 Å². The zero-order valence-electron chi connectivity index (χ0n) is 9.55. The highest BCUT2D eigenvalue weighted by Gasteiger charge is 2.31. The average molecular weight is 200 g/mol. The molecule has 0 atom stereocenters. The van der Waals surface area contributed by atoms with Crippen LogP contribution >= 0.6 is 0 Å². The third-order valence-corrected chi connectivity index (χ3v) is 3.03. The lowest BCUT2D eigenvalue weighted by molar-refractivity contribution is -0.0193. The zero-order valence-corrected chi connectivity index (χ0v) is 9.55. The normalized spacial score (nSPS) is 22.5. The van der Waals surface area contributed by atoms with Crippen LogP contribution in [0.4, 0.5) is 0 Å². The predicted octanol–water partition coefficient (Wildman–Crippen LogP) is 0.833. The van der Waals surface area contributed by atoms with E-state index in [1.807, 2.05) is 0 Å². The van der Waals surface area contributed by atoms with Crippen molar-refractivity contribution >= 4 is 0 Å². The number of nitrogens with zero attached hydrogens (tertiary/aromatic N) is 1. The molecule has 3 heteroatoms. The summed E-state index contributed by atoms with van der Waals surface area (Å²) in [5, 5.41) is 13.4. The monoisotopic (exact) mass is 200 g/mol. The van der Waals surface area contributed by atoms with Crippen LogP contribution in [-0.2, 0) is 0 Å². The van der Waals surface area contributed by atoms with Gasteiger partial charge in [0.25, 0.3) is 0 Å². The van der Waals surface area contributed by atoms with Gasteiger partial charge in [0.2, 0.25) is 0 Å². The van der Waals surface area contributed by atoms with Crippen LogP contribution in [0.2, 0.25) is 0 Å². The molecule has 0 radical (unpaired) electrons. The fourth-order valence-electron chi connectivity index (χ4n) is 2.04. The maximum Gasteiger partial charge on any atom is 0.0795 e. The predicted molar refractivity (Wildman–Crippen MR) is 59.5 cm³/mol. The lowest BCUT2D eigenvalue weighted by atomic mass is 9.91. The van der Waals surface area contributed by atoms with E-state index in [2.05, 4.69) is 24.1 Å². The summed E-state index contributed by atoms with van der Waals surface area (Å²) in [7, 11) is 0. The van der Waals surface area contributed by atoms with E-state index >= 15 is 0 Å². The molecule has 0 spiro atoms. The number of likely N-dealkylation sites (tertiary alicyclic amines) is 1. The number of likely N-dealkylation sites (N-methyl/N-ethyl adjacent to an activating group) is 1. The van der Waals surface area contributed by atoms with Crippen molar-refractivity contribution in [2.45, 2.75) is 38.7 Å². The minimum atomic E-state index is -0.444. The van der Waals surface area contributed by atoms with Crippen molar-refractivity contribution < 1.29 is 5.11 Å². The summed E-state index contributed by atoms with van der Waals surface area (Å²) in [6, 6.07) is 0. The molecule has 84 valence electrons. The van der Waals surface area contributed by atoms with Crippen molar-refractivity contribution in [2.24, 2.45) is 0 Å². The zero-order chi connectivity index (χ0) is 10.4. The van der Waals surface area contributed by atoms with Crippen LogP contribution in [0.25, 0.3) is 0 Å². The Morgan fingerprint density at radius 2 is 1.93 bits per heavy atom. The number of aliphatic hydroxyl groups is 1. The first-order chi connectivity index (χ1) is 6.70. The fraction of sp³-hybridized carbons (Fsp3) is 1.00. The molecule has 0 aromatic rings. The molecule has 0 aromatic carbocycles. The Bertz CT molecular complexity index is 153. The van der Waals surface area contributed by atoms with Gasteiger partial charge in [0.1, 0.15) is 0 Å².